The number of carbonyl (C=O) groups is 1. The molecule has 0 saturated carbocycles. The Kier molecular flexibility index (Phi) is 3.07. The molecule has 0 spiro atoms. The van der Waals surface area contributed by atoms with Crippen molar-refractivity contribution in [3.05, 3.63) is 41.7 Å². The number of aromatic nitrogens is 3. The van der Waals surface area contributed by atoms with E-state index in [9.17, 15) is 14.3 Å². The van der Waals surface area contributed by atoms with Gasteiger partial charge in [-0.15, -0.1) is 0 Å². The number of aliphatic hydroxyl groups is 1. The van der Waals surface area contributed by atoms with E-state index in [1.54, 1.807) is 12.3 Å². The predicted molar refractivity (Wildman–Crippen MR) is 58.9 cm³/mol. The van der Waals surface area contributed by atoms with Crippen molar-refractivity contribution in [3.8, 4) is 5.69 Å². The third-order valence-electron chi connectivity index (χ3n) is 2.33. The van der Waals surface area contributed by atoms with Crippen LogP contribution in [0.4, 0.5) is 4.39 Å². The van der Waals surface area contributed by atoms with Crippen LogP contribution in [0.5, 0.6) is 0 Å². The number of aromatic carboxylic acids is 1. The van der Waals surface area contributed by atoms with E-state index < -0.39 is 23.6 Å². The van der Waals surface area contributed by atoms with Crippen molar-refractivity contribution in [2.24, 2.45) is 0 Å². The maximum atomic E-state index is 13.6. The number of rotatable bonds is 3. The van der Waals surface area contributed by atoms with E-state index in [4.69, 9.17) is 5.11 Å². The van der Waals surface area contributed by atoms with Crippen molar-refractivity contribution < 1.29 is 19.4 Å². The topological polar surface area (TPSA) is 88.2 Å². The lowest BCUT2D eigenvalue weighted by Crippen LogP contribution is -2.13. The Labute approximate surface area is 101 Å². The molecule has 0 aromatic carbocycles. The van der Waals surface area contributed by atoms with Gasteiger partial charge in [0.05, 0.1) is 17.5 Å². The monoisotopic (exact) mass is 251 g/mol. The highest BCUT2D eigenvalue weighted by molar-refractivity contribution is 5.86. The van der Waals surface area contributed by atoms with E-state index in [1.807, 2.05) is 0 Å². The van der Waals surface area contributed by atoms with Crippen molar-refractivity contribution in [1.29, 1.82) is 0 Å². The van der Waals surface area contributed by atoms with Gasteiger partial charge in [0.1, 0.15) is 0 Å². The van der Waals surface area contributed by atoms with Crippen molar-refractivity contribution in [1.82, 2.24) is 14.8 Å². The van der Waals surface area contributed by atoms with E-state index >= 15 is 0 Å². The molecular weight excluding hydrogens is 241 g/mol. The minimum Gasteiger partial charge on any atom is -0.476 e. The summed E-state index contributed by atoms with van der Waals surface area (Å²) in [5.41, 5.74) is -0.461. The number of pyridine rings is 1. The molecule has 18 heavy (non-hydrogen) atoms. The van der Waals surface area contributed by atoms with E-state index in [-0.39, 0.29) is 11.4 Å². The van der Waals surface area contributed by atoms with Crippen LogP contribution in [-0.4, -0.2) is 30.9 Å². The van der Waals surface area contributed by atoms with E-state index in [1.165, 1.54) is 17.8 Å². The SMILES string of the molecule is C[C@@H](O)c1nc(C(=O)O)c(F)cc1-n1cccn1. The number of carboxylic acids is 1. The Hall–Kier alpha value is -2.28. The van der Waals surface area contributed by atoms with E-state index in [0.717, 1.165) is 6.07 Å². The van der Waals surface area contributed by atoms with E-state index in [2.05, 4.69) is 10.1 Å². The summed E-state index contributed by atoms with van der Waals surface area (Å²) in [5, 5.41) is 22.3. The molecule has 1 atom stereocenters. The average molecular weight is 251 g/mol. The Bertz CT molecular complexity index is 581. The Morgan fingerprint density at radius 1 is 1.56 bits per heavy atom. The van der Waals surface area contributed by atoms with Gasteiger partial charge in [-0.25, -0.2) is 18.9 Å². The Morgan fingerprint density at radius 2 is 2.28 bits per heavy atom. The summed E-state index contributed by atoms with van der Waals surface area (Å²) in [4.78, 5) is 14.4. The standard InChI is InChI=1S/C11H10FN3O3/c1-6(16)9-8(15-4-2-3-13-15)5-7(12)10(14-9)11(17)18/h2-6,16H,1H3,(H,17,18)/t6-/m1/s1. The largest absolute Gasteiger partial charge is 0.476 e. The second-order valence-corrected chi connectivity index (χ2v) is 3.65. The highest BCUT2D eigenvalue weighted by Gasteiger charge is 2.20. The normalized spacial score (nSPS) is 12.4. The van der Waals surface area contributed by atoms with E-state index in [0.29, 0.717) is 0 Å². The van der Waals surface area contributed by atoms with Crippen molar-refractivity contribution >= 4 is 5.97 Å². The van der Waals surface area contributed by atoms with Gasteiger partial charge >= 0.3 is 5.97 Å². The molecule has 0 amide bonds. The molecule has 94 valence electrons. The molecule has 0 unspecified atom stereocenters. The molecule has 0 bridgehead atoms. The van der Waals surface area contributed by atoms with Crippen LogP contribution in [0.2, 0.25) is 0 Å². The fourth-order valence-corrected chi connectivity index (χ4v) is 1.55. The number of halogens is 1. The molecule has 6 nitrogen and oxygen atoms in total. The van der Waals surface area contributed by atoms with Crippen molar-refractivity contribution in [2.45, 2.75) is 13.0 Å². The zero-order valence-electron chi connectivity index (χ0n) is 9.41. The van der Waals surface area contributed by atoms with Crippen LogP contribution in [0.1, 0.15) is 29.2 Å². The molecule has 0 aliphatic heterocycles. The molecule has 0 saturated heterocycles. The van der Waals surface area contributed by atoms with Crippen molar-refractivity contribution in [3.63, 3.8) is 0 Å². The van der Waals surface area contributed by atoms with Gasteiger partial charge < -0.3 is 10.2 Å². The highest BCUT2D eigenvalue weighted by Crippen LogP contribution is 2.21. The van der Waals surface area contributed by atoms with Gasteiger partial charge in [-0.3, -0.25) is 0 Å². The Balaban J connectivity index is 2.66. The molecule has 2 aromatic heterocycles. The van der Waals surface area contributed by atoms with Crippen LogP contribution in [0.25, 0.3) is 5.69 Å². The fourth-order valence-electron chi connectivity index (χ4n) is 1.55. The molecule has 0 fully saturated rings. The first-order chi connectivity index (χ1) is 8.50. The molecule has 7 heteroatoms. The zero-order chi connectivity index (χ0) is 13.3. The number of aliphatic hydroxyl groups excluding tert-OH is 1. The maximum Gasteiger partial charge on any atom is 0.357 e. The van der Waals surface area contributed by atoms with Gasteiger partial charge in [0, 0.05) is 18.5 Å². The summed E-state index contributed by atoms with van der Waals surface area (Å²) in [6.07, 6.45) is 1.99. The number of nitrogens with zero attached hydrogens (tertiary/aromatic N) is 3. The second-order valence-electron chi connectivity index (χ2n) is 3.65. The molecule has 0 aliphatic rings. The fraction of sp³-hybridized carbons (Fsp3) is 0.182. The van der Waals surface area contributed by atoms with Crippen molar-refractivity contribution in [2.75, 3.05) is 0 Å². The lowest BCUT2D eigenvalue weighted by atomic mass is 10.2. The summed E-state index contributed by atoms with van der Waals surface area (Å²) in [6.45, 7) is 1.42. The molecule has 2 rings (SSSR count). The predicted octanol–water partition coefficient (Wildman–Crippen LogP) is 1.16. The minimum atomic E-state index is -1.48. The van der Waals surface area contributed by atoms with Crippen LogP contribution < -0.4 is 0 Å². The maximum absolute atomic E-state index is 13.6. The minimum absolute atomic E-state index is 0.0532. The van der Waals surface area contributed by atoms with Crippen LogP contribution in [-0.2, 0) is 0 Å². The Morgan fingerprint density at radius 3 is 2.78 bits per heavy atom. The lowest BCUT2D eigenvalue weighted by molar-refractivity contribution is 0.0684. The van der Waals surface area contributed by atoms with Crippen LogP contribution in [0, 0.1) is 5.82 Å². The number of carboxylic acid groups (broad SMARTS) is 1. The first-order valence-corrected chi connectivity index (χ1v) is 5.12. The quantitative estimate of drug-likeness (QED) is 0.854. The summed E-state index contributed by atoms with van der Waals surface area (Å²) in [7, 11) is 0. The summed E-state index contributed by atoms with van der Waals surface area (Å²) < 4.78 is 14.9. The smallest absolute Gasteiger partial charge is 0.357 e. The molecule has 2 aromatic rings. The summed E-state index contributed by atoms with van der Waals surface area (Å²) in [6, 6.07) is 2.61. The van der Waals surface area contributed by atoms with Crippen LogP contribution in [0.3, 0.4) is 0 Å². The zero-order valence-corrected chi connectivity index (χ0v) is 9.41. The molecular formula is C11H10FN3O3. The summed E-state index contributed by atoms with van der Waals surface area (Å²) in [5.74, 6) is -2.46. The van der Waals surface area contributed by atoms with Gasteiger partial charge in [-0.2, -0.15) is 5.10 Å². The lowest BCUT2D eigenvalue weighted by Gasteiger charge is -2.12. The first kappa shape index (κ1) is 12.2. The van der Waals surface area contributed by atoms with Gasteiger partial charge in [0.25, 0.3) is 0 Å². The summed E-state index contributed by atoms with van der Waals surface area (Å²) >= 11 is 0. The molecule has 2 N–H and O–H groups in total. The molecule has 2 heterocycles. The second kappa shape index (κ2) is 4.53. The van der Waals surface area contributed by atoms with Crippen LogP contribution >= 0.6 is 0 Å². The van der Waals surface area contributed by atoms with Gasteiger partial charge in [-0.1, -0.05) is 0 Å². The third-order valence-corrected chi connectivity index (χ3v) is 2.33. The van der Waals surface area contributed by atoms with Gasteiger partial charge in [0.2, 0.25) is 0 Å². The highest BCUT2D eigenvalue weighted by atomic mass is 19.1. The third kappa shape index (κ3) is 2.07. The molecule has 0 aliphatic carbocycles. The molecule has 0 radical (unpaired) electrons. The first-order valence-electron chi connectivity index (χ1n) is 5.12. The van der Waals surface area contributed by atoms with Gasteiger partial charge in [0.15, 0.2) is 11.5 Å². The van der Waals surface area contributed by atoms with Gasteiger partial charge in [-0.05, 0) is 13.0 Å². The average Bonchev–Trinajstić information content (AvgIpc) is 2.80. The number of hydrogen-bond donors (Lipinski definition) is 2. The van der Waals surface area contributed by atoms with Crippen LogP contribution in [0.15, 0.2) is 24.5 Å². The number of hydrogen-bond acceptors (Lipinski definition) is 4.